The SMILES string of the molecule is CCNC(Cc1cncc(Br)c1)C1CCCCO1. The topological polar surface area (TPSA) is 34.2 Å². The molecule has 18 heavy (non-hydrogen) atoms. The summed E-state index contributed by atoms with van der Waals surface area (Å²) in [6.07, 6.45) is 8.74. The van der Waals surface area contributed by atoms with E-state index >= 15 is 0 Å². The molecule has 2 atom stereocenters. The highest BCUT2D eigenvalue weighted by atomic mass is 79.9. The van der Waals surface area contributed by atoms with Crippen molar-refractivity contribution in [3.05, 3.63) is 28.5 Å². The van der Waals surface area contributed by atoms with E-state index in [4.69, 9.17) is 4.74 Å². The summed E-state index contributed by atoms with van der Waals surface area (Å²) in [7, 11) is 0. The van der Waals surface area contributed by atoms with Crippen LogP contribution in [0.1, 0.15) is 31.7 Å². The molecular formula is C14H21BrN2O. The van der Waals surface area contributed by atoms with Crippen molar-refractivity contribution in [3.8, 4) is 0 Å². The molecule has 0 aliphatic carbocycles. The Balaban J connectivity index is 2.00. The van der Waals surface area contributed by atoms with Gasteiger partial charge < -0.3 is 10.1 Å². The Morgan fingerprint density at radius 2 is 2.39 bits per heavy atom. The first-order valence-electron chi connectivity index (χ1n) is 6.74. The number of ether oxygens (including phenoxy) is 1. The molecule has 3 nitrogen and oxygen atoms in total. The van der Waals surface area contributed by atoms with E-state index in [0.29, 0.717) is 12.1 Å². The zero-order chi connectivity index (χ0) is 12.8. The van der Waals surface area contributed by atoms with Crippen molar-refractivity contribution in [2.24, 2.45) is 0 Å². The second-order valence-corrected chi connectivity index (χ2v) is 5.70. The lowest BCUT2D eigenvalue weighted by Gasteiger charge is -2.31. The number of rotatable bonds is 5. The Kier molecular flexibility index (Phi) is 5.60. The third kappa shape index (κ3) is 4.04. The fourth-order valence-electron chi connectivity index (χ4n) is 2.50. The molecule has 2 heterocycles. The molecule has 2 unspecified atom stereocenters. The van der Waals surface area contributed by atoms with E-state index in [1.165, 1.54) is 24.8 Å². The first-order chi connectivity index (χ1) is 8.79. The molecule has 1 fully saturated rings. The quantitative estimate of drug-likeness (QED) is 0.907. The Morgan fingerprint density at radius 1 is 1.50 bits per heavy atom. The molecule has 0 radical (unpaired) electrons. The lowest BCUT2D eigenvalue weighted by Crippen LogP contribution is -2.44. The van der Waals surface area contributed by atoms with Gasteiger partial charge in [0, 0.05) is 29.5 Å². The molecule has 0 spiro atoms. The maximum Gasteiger partial charge on any atom is 0.0731 e. The van der Waals surface area contributed by atoms with Crippen molar-refractivity contribution in [1.29, 1.82) is 0 Å². The molecule has 1 saturated heterocycles. The van der Waals surface area contributed by atoms with Gasteiger partial charge in [0.2, 0.25) is 0 Å². The molecule has 1 aliphatic rings. The molecule has 0 amide bonds. The van der Waals surface area contributed by atoms with Crippen molar-refractivity contribution in [1.82, 2.24) is 10.3 Å². The average Bonchev–Trinajstić information content (AvgIpc) is 2.39. The van der Waals surface area contributed by atoms with Crippen molar-refractivity contribution >= 4 is 15.9 Å². The monoisotopic (exact) mass is 312 g/mol. The van der Waals surface area contributed by atoms with Crippen LogP contribution in [0.2, 0.25) is 0 Å². The van der Waals surface area contributed by atoms with Gasteiger partial charge in [0.25, 0.3) is 0 Å². The van der Waals surface area contributed by atoms with Gasteiger partial charge in [-0.05, 0) is 59.8 Å². The molecule has 2 rings (SSSR count). The van der Waals surface area contributed by atoms with Crippen LogP contribution < -0.4 is 5.32 Å². The van der Waals surface area contributed by atoms with E-state index in [1.807, 2.05) is 12.4 Å². The first-order valence-corrected chi connectivity index (χ1v) is 7.53. The Morgan fingerprint density at radius 3 is 3.06 bits per heavy atom. The molecule has 0 saturated carbocycles. The van der Waals surface area contributed by atoms with Gasteiger partial charge in [-0.2, -0.15) is 0 Å². The molecule has 4 heteroatoms. The minimum atomic E-state index is 0.345. The van der Waals surface area contributed by atoms with Crippen LogP contribution in [0.5, 0.6) is 0 Å². The fraction of sp³-hybridized carbons (Fsp3) is 0.643. The lowest BCUT2D eigenvalue weighted by molar-refractivity contribution is -0.00710. The Hall–Kier alpha value is -0.450. The van der Waals surface area contributed by atoms with Gasteiger partial charge in [-0.3, -0.25) is 4.98 Å². The van der Waals surface area contributed by atoms with E-state index in [2.05, 4.69) is 39.2 Å². The van der Waals surface area contributed by atoms with E-state index in [0.717, 1.165) is 24.0 Å². The number of aromatic nitrogens is 1. The number of halogens is 1. The fourth-order valence-corrected chi connectivity index (χ4v) is 2.91. The highest BCUT2D eigenvalue weighted by molar-refractivity contribution is 9.10. The summed E-state index contributed by atoms with van der Waals surface area (Å²) >= 11 is 3.47. The summed E-state index contributed by atoms with van der Waals surface area (Å²) in [4.78, 5) is 4.23. The normalized spacial score (nSPS) is 21.8. The number of likely N-dealkylation sites (N-methyl/N-ethyl adjacent to an activating group) is 1. The molecule has 0 aromatic carbocycles. The number of hydrogen-bond acceptors (Lipinski definition) is 3. The van der Waals surface area contributed by atoms with Gasteiger partial charge in [-0.1, -0.05) is 6.92 Å². The van der Waals surface area contributed by atoms with Crippen LogP contribution in [-0.4, -0.2) is 30.3 Å². The summed E-state index contributed by atoms with van der Waals surface area (Å²) < 4.78 is 6.94. The van der Waals surface area contributed by atoms with Gasteiger partial charge in [0.15, 0.2) is 0 Å². The van der Waals surface area contributed by atoms with Gasteiger partial charge in [0.1, 0.15) is 0 Å². The molecule has 1 aromatic rings. The molecule has 100 valence electrons. The maximum atomic E-state index is 5.90. The predicted molar refractivity (Wildman–Crippen MR) is 76.7 cm³/mol. The standard InChI is InChI=1S/C14H21BrN2O/c1-2-17-13(14-5-3-4-6-18-14)8-11-7-12(15)10-16-9-11/h7,9-10,13-14,17H,2-6,8H2,1H3. The zero-order valence-corrected chi connectivity index (χ0v) is 12.4. The van der Waals surface area contributed by atoms with Gasteiger partial charge in [-0.25, -0.2) is 0 Å². The smallest absolute Gasteiger partial charge is 0.0731 e. The lowest BCUT2D eigenvalue weighted by atomic mass is 9.96. The summed E-state index contributed by atoms with van der Waals surface area (Å²) in [6.45, 7) is 4.03. The summed E-state index contributed by atoms with van der Waals surface area (Å²) in [5.41, 5.74) is 1.25. The van der Waals surface area contributed by atoms with Crippen LogP contribution in [0.3, 0.4) is 0 Å². The largest absolute Gasteiger partial charge is 0.377 e. The van der Waals surface area contributed by atoms with Crippen molar-refractivity contribution in [2.75, 3.05) is 13.2 Å². The maximum absolute atomic E-state index is 5.90. The molecule has 1 aromatic heterocycles. The number of nitrogens with one attached hydrogen (secondary N) is 1. The van der Waals surface area contributed by atoms with Gasteiger partial charge in [0.05, 0.1) is 6.10 Å². The van der Waals surface area contributed by atoms with Crippen LogP contribution in [-0.2, 0) is 11.2 Å². The predicted octanol–water partition coefficient (Wildman–Crippen LogP) is 2.93. The number of hydrogen-bond donors (Lipinski definition) is 1. The second kappa shape index (κ2) is 7.22. The number of nitrogens with zero attached hydrogens (tertiary/aromatic N) is 1. The minimum absolute atomic E-state index is 0.345. The van der Waals surface area contributed by atoms with E-state index in [1.54, 1.807) is 0 Å². The average molecular weight is 313 g/mol. The third-order valence-corrected chi connectivity index (χ3v) is 3.78. The molecule has 0 bridgehead atoms. The number of pyridine rings is 1. The molecule has 1 aliphatic heterocycles. The Labute approximate surface area is 117 Å². The zero-order valence-electron chi connectivity index (χ0n) is 10.9. The van der Waals surface area contributed by atoms with Crippen LogP contribution in [0.15, 0.2) is 22.9 Å². The molecular weight excluding hydrogens is 292 g/mol. The van der Waals surface area contributed by atoms with E-state index in [9.17, 15) is 0 Å². The second-order valence-electron chi connectivity index (χ2n) is 4.78. The van der Waals surface area contributed by atoms with Crippen LogP contribution in [0.4, 0.5) is 0 Å². The Bertz CT molecular complexity index is 367. The van der Waals surface area contributed by atoms with Crippen molar-refractivity contribution < 1.29 is 4.74 Å². The molecule has 1 N–H and O–H groups in total. The minimum Gasteiger partial charge on any atom is -0.377 e. The summed E-state index contributed by atoms with van der Waals surface area (Å²) in [5, 5.41) is 3.55. The van der Waals surface area contributed by atoms with E-state index < -0.39 is 0 Å². The van der Waals surface area contributed by atoms with Crippen LogP contribution >= 0.6 is 15.9 Å². The van der Waals surface area contributed by atoms with Gasteiger partial charge in [-0.15, -0.1) is 0 Å². The first kappa shape index (κ1) is 14.0. The summed E-state index contributed by atoms with van der Waals surface area (Å²) in [6, 6.07) is 2.53. The summed E-state index contributed by atoms with van der Waals surface area (Å²) in [5.74, 6) is 0. The highest BCUT2D eigenvalue weighted by Gasteiger charge is 2.24. The van der Waals surface area contributed by atoms with Crippen LogP contribution in [0, 0.1) is 0 Å². The highest BCUT2D eigenvalue weighted by Crippen LogP contribution is 2.19. The van der Waals surface area contributed by atoms with Crippen molar-refractivity contribution in [2.45, 2.75) is 44.8 Å². The van der Waals surface area contributed by atoms with Gasteiger partial charge >= 0.3 is 0 Å². The van der Waals surface area contributed by atoms with Crippen molar-refractivity contribution in [3.63, 3.8) is 0 Å². The van der Waals surface area contributed by atoms with Crippen LogP contribution in [0.25, 0.3) is 0 Å². The van der Waals surface area contributed by atoms with E-state index in [-0.39, 0.29) is 0 Å². The third-order valence-electron chi connectivity index (χ3n) is 3.35.